The normalized spacial score (nSPS) is 16.8. The number of guanidine groups is 1. The van der Waals surface area contributed by atoms with Gasteiger partial charge in [-0.2, -0.15) is 0 Å². The molecule has 5 nitrogen and oxygen atoms in total. The first-order chi connectivity index (χ1) is 10.0. The molecule has 0 aliphatic carbocycles. The molecule has 1 saturated heterocycles. The van der Waals surface area contributed by atoms with E-state index >= 15 is 0 Å². The van der Waals surface area contributed by atoms with E-state index in [9.17, 15) is 8.42 Å². The van der Waals surface area contributed by atoms with Crippen molar-refractivity contribution in [1.29, 1.82) is 0 Å². The van der Waals surface area contributed by atoms with Gasteiger partial charge in [0.25, 0.3) is 0 Å². The van der Waals surface area contributed by atoms with Gasteiger partial charge in [0, 0.05) is 25.0 Å². The van der Waals surface area contributed by atoms with Crippen molar-refractivity contribution in [2.24, 2.45) is 4.99 Å². The van der Waals surface area contributed by atoms with E-state index in [1.165, 1.54) is 12.7 Å². The van der Waals surface area contributed by atoms with Gasteiger partial charge in [-0.25, -0.2) is 8.42 Å². The van der Waals surface area contributed by atoms with E-state index in [0.29, 0.717) is 6.54 Å². The van der Waals surface area contributed by atoms with Crippen molar-refractivity contribution in [2.45, 2.75) is 19.3 Å². The number of likely N-dealkylation sites (tertiary alicyclic amines) is 1. The monoisotopic (exact) mass is 309 g/mol. The van der Waals surface area contributed by atoms with E-state index in [1.807, 2.05) is 30.3 Å². The summed E-state index contributed by atoms with van der Waals surface area (Å²) in [5.41, 5.74) is 0.973. The second-order valence-electron chi connectivity index (χ2n) is 5.37. The smallest absolute Gasteiger partial charge is 0.198 e. The lowest BCUT2D eigenvalue weighted by atomic mass is 10.1. The van der Waals surface area contributed by atoms with Crippen molar-refractivity contribution in [2.75, 3.05) is 37.0 Å². The molecule has 1 aromatic rings. The average molecular weight is 309 g/mol. The van der Waals surface area contributed by atoms with E-state index in [4.69, 9.17) is 0 Å². The Morgan fingerprint density at radius 2 is 1.86 bits per heavy atom. The molecule has 0 radical (unpaired) electrons. The van der Waals surface area contributed by atoms with E-state index in [0.717, 1.165) is 37.6 Å². The Kier molecular flexibility index (Phi) is 5.61. The summed E-state index contributed by atoms with van der Waals surface area (Å²) in [5, 5.41) is 3.32. The number of anilines is 1. The summed E-state index contributed by atoms with van der Waals surface area (Å²) in [4.78, 5) is 6.69. The van der Waals surface area contributed by atoms with Crippen molar-refractivity contribution in [3.63, 3.8) is 0 Å². The molecule has 0 bridgehead atoms. The van der Waals surface area contributed by atoms with Crippen LogP contribution in [-0.2, 0) is 9.84 Å². The molecule has 21 heavy (non-hydrogen) atoms. The molecule has 1 aliphatic rings. The van der Waals surface area contributed by atoms with Crippen LogP contribution in [0.4, 0.5) is 5.69 Å². The van der Waals surface area contributed by atoms with Gasteiger partial charge in [0.05, 0.1) is 12.3 Å². The highest BCUT2D eigenvalue weighted by Gasteiger charge is 2.15. The van der Waals surface area contributed by atoms with Gasteiger partial charge in [-0.15, -0.1) is 0 Å². The van der Waals surface area contributed by atoms with E-state index in [1.54, 1.807) is 0 Å². The first-order valence-corrected chi connectivity index (χ1v) is 9.40. The molecule has 0 aromatic heterocycles. The molecule has 1 fully saturated rings. The topological polar surface area (TPSA) is 61.8 Å². The van der Waals surface area contributed by atoms with Crippen LogP contribution in [0.2, 0.25) is 0 Å². The standard InChI is InChI=1S/C15H23N3O2S/c1-21(19,20)13-10-16-15(18-11-6-3-7-12-18)17-14-8-4-2-5-9-14/h2,4-5,8-9H,3,6-7,10-13H2,1H3,(H,16,17). The Balaban J connectivity index is 2.07. The lowest BCUT2D eigenvalue weighted by Gasteiger charge is -2.30. The fourth-order valence-electron chi connectivity index (χ4n) is 2.29. The van der Waals surface area contributed by atoms with Crippen LogP contribution < -0.4 is 5.32 Å². The average Bonchev–Trinajstić information content (AvgIpc) is 2.47. The number of hydrogen-bond acceptors (Lipinski definition) is 3. The Bertz CT molecular complexity index is 564. The number of aliphatic imine (C=N–C) groups is 1. The molecule has 1 aromatic carbocycles. The SMILES string of the molecule is CS(=O)(=O)CCN=C(Nc1ccccc1)N1CCCCC1. The predicted molar refractivity (Wildman–Crippen MR) is 87.5 cm³/mol. The Morgan fingerprint density at radius 1 is 1.19 bits per heavy atom. The molecule has 0 unspecified atom stereocenters. The minimum Gasteiger partial charge on any atom is -0.343 e. The highest BCUT2D eigenvalue weighted by molar-refractivity contribution is 7.90. The van der Waals surface area contributed by atoms with Gasteiger partial charge in [0.2, 0.25) is 0 Å². The van der Waals surface area contributed by atoms with Gasteiger partial charge in [-0.3, -0.25) is 4.99 Å². The molecule has 0 atom stereocenters. The van der Waals surface area contributed by atoms with Gasteiger partial charge in [0.1, 0.15) is 9.84 Å². The van der Waals surface area contributed by atoms with Gasteiger partial charge in [-0.1, -0.05) is 18.2 Å². The van der Waals surface area contributed by atoms with Crippen LogP contribution in [0.3, 0.4) is 0 Å². The zero-order chi connectivity index (χ0) is 15.1. The minimum absolute atomic E-state index is 0.0841. The zero-order valence-corrected chi connectivity index (χ0v) is 13.3. The minimum atomic E-state index is -2.98. The molecule has 0 amide bonds. The fourth-order valence-corrected chi connectivity index (χ4v) is 2.72. The van der Waals surface area contributed by atoms with Gasteiger partial charge >= 0.3 is 0 Å². The summed E-state index contributed by atoms with van der Waals surface area (Å²) in [7, 11) is -2.98. The number of piperidine rings is 1. The molecular weight excluding hydrogens is 286 g/mol. The quantitative estimate of drug-likeness (QED) is 0.682. The van der Waals surface area contributed by atoms with E-state index in [2.05, 4.69) is 15.2 Å². The van der Waals surface area contributed by atoms with Crippen LogP contribution in [0, 0.1) is 0 Å². The number of benzene rings is 1. The van der Waals surface area contributed by atoms with Gasteiger partial charge < -0.3 is 10.2 Å². The number of rotatable bonds is 4. The summed E-state index contributed by atoms with van der Waals surface area (Å²) in [6.45, 7) is 2.24. The van der Waals surface area contributed by atoms with Crippen LogP contribution in [0.25, 0.3) is 0 Å². The summed E-state index contributed by atoms with van der Waals surface area (Å²) in [6, 6.07) is 9.86. The molecule has 1 heterocycles. The Morgan fingerprint density at radius 3 is 2.48 bits per heavy atom. The van der Waals surface area contributed by atoms with Crippen molar-refractivity contribution in [3.8, 4) is 0 Å². The lowest BCUT2D eigenvalue weighted by Crippen LogP contribution is -2.40. The molecule has 0 saturated carbocycles. The zero-order valence-electron chi connectivity index (χ0n) is 12.5. The third-order valence-corrected chi connectivity index (χ3v) is 4.33. The predicted octanol–water partition coefficient (Wildman–Crippen LogP) is 1.98. The van der Waals surface area contributed by atoms with Crippen molar-refractivity contribution >= 4 is 21.5 Å². The van der Waals surface area contributed by atoms with Crippen LogP contribution in [0.1, 0.15) is 19.3 Å². The second kappa shape index (κ2) is 7.45. The first-order valence-electron chi connectivity index (χ1n) is 7.34. The maximum absolute atomic E-state index is 11.2. The third kappa shape index (κ3) is 5.75. The highest BCUT2D eigenvalue weighted by Crippen LogP contribution is 2.12. The maximum atomic E-state index is 11.2. The molecule has 2 rings (SSSR count). The van der Waals surface area contributed by atoms with Crippen molar-refractivity contribution in [1.82, 2.24) is 4.90 Å². The summed E-state index contributed by atoms with van der Waals surface area (Å²) in [6.07, 6.45) is 4.80. The van der Waals surface area contributed by atoms with Crippen molar-refractivity contribution in [3.05, 3.63) is 30.3 Å². The molecule has 6 heteroatoms. The number of nitrogens with zero attached hydrogens (tertiary/aromatic N) is 2. The number of para-hydroxylation sites is 1. The molecular formula is C15H23N3O2S. The highest BCUT2D eigenvalue weighted by atomic mass is 32.2. The Labute approximate surface area is 127 Å². The van der Waals surface area contributed by atoms with Crippen LogP contribution in [0.15, 0.2) is 35.3 Å². The fraction of sp³-hybridized carbons (Fsp3) is 0.533. The second-order valence-corrected chi connectivity index (χ2v) is 7.63. The largest absolute Gasteiger partial charge is 0.343 e. The summed E-state index contributed by atoms with van der Waals surface area (Å²) < 4.78 is 22.5. The number of hydrogen-bond donors (Lipinski definition) is 1. The maximum Gasteiger partial charge on any atom is 0.198 e. The molecule has 116 valence electrons. The van der Waals surface area contributed by atoms with Crippen LogP contribution in [0.5, 0.6) is 0 Å². The molecule has 0 spiro atoms. The number of nitrogens with one attached hydrogen (secondary N) is 1. The molecule has 1 N–H and O–H groups in total. The lowest BCUT2D eigenvalue weighted by molar-refractivity contribution is 0.340. The summed E-state index contributed by atoms with van der Waals surface area (Å²) >= 11 is 0. The van der Waals surface area contributed by atoms with Gasteiger partial charge in [-0.05, 0) is 31.4 Å². The molecule has 1 aliphatic heterocycles. The van der Waals surface area contributed by atoms with E-state index < -0.39 is 9.84 Å². The van der Waals surface area contributed by atoms with E-state index in [-0.39, 0.29) is 5.75 Å². The number of sulfone groups is 1. The Hall–Kier alpha value is -1.56. The van der Waals surface area contributed by atoms with Gasteiger partial charge in [0.15, 0.2) is 5.96 Å². The third-order valence-electron chi connectivity index (χ3n) is 3.41. The van der Waals surface area contributed by atoms with Crippen LogP contribution >= 0.6 is 0 Å². The van der Waals surface area contributed by atoms with Crippen LogP contribution in [-0.4, -0.2) is 50.9 Å². The first kappa shape index (κ1) is 15.8. The van der Waals surface area contributed by atoms with Crippen molar-refractivity contribution < 1.29 is 8.42 Å². The summed E-state index contributed by atoms with van der Waals surface area (Å²) in [5.74, 6) is 0.866.